The first kappa shape index (κ1) is 20.6. The van der Waals surface area contributed by atoms with Gasteiger partial charge >= 0.3 is 0 Å². The Morgan fingerprint density at radius 2 is 1.62 bits per heavy atom. The molecule has 3 rings (SSSR count). The van der Waals surface area contributed by atoms with Gasteiger partial charge < -0.3 is 11.1 Å². The molecule has 0 bridgehead atoms. The largest absolute Gasteiger partial charge is 0.324 e. The Bertz CT molecular complexity index is 761. The van der Waals surface area contributed by atoms with Crippen LogP contribution in [0.15, 0.2) is 54.6 Å². The van der Waals surface area contributed by atoms with Gasteiger partial charge in [0.2, 0.25) is 5.91 Å². The molecule has 1 aliphatic rings. The van der Waals surface area contributed by atoms with Gasteiger partial charge in [-0.3, -0.25) is 9.00 Å². The van der Waals surface area contributed by atoms with Gasteiger partial charge in [0.15, 0.2) is 0 Å². The molecule has 0 heterocycles. The highest BCUT2D eigenvalue weighted by molar-refractivity contribution is 7.83. The van der Waals surface area contributed by atoms with Crippen LogP contribution in [0, 0.1) is 0 Å². The molecule has 0 aliphatic heterocycles. The Morgan fingerprint density at radius 3 is 2.31 bits per heavy atom. The molecule has 3 N–H and O–H groups in total. The molecule has 1 atom stereocenters. The van der Waals surface area contributed by atoms with E-state index in [2.05, 4.69) is 5.32 Å². The van der Waals surface area contributed by atoms with E-state index in [9.17, 15) is 9.00 Å². The van der Waals surface area contributed by atoms with E-state index in [0.717, 1.165) is 42.5 Å². The van der Waals surface area contributed by atoms with Crippen LogP contribution in [0.1, 0.15) is 36.8 Å². The Labute approximate surface area is 163 Å². The molecule has 1 amide bonds. The highest BCUT2D eigenvalue weighted by atomic mass is 35.5. The SMILES string of the molecule is Cl.NC1(C(=O)Nc2cccc(CS(=O)Cc3ccccc3)c2)CCCC1. The molecule has 4 nitrogen and oxygen atoms in total. The normalized spacial score (nSPS) is 16.5. The maximum absolute atomic E-state index is 12.4. The summed E-state index contributed by atoms with van der Waals surface area (Å²) in [5.41, 5.74) is 8.18. The topological polar surface area (TPSA) is 72.2 Å². The molecule has 2 aromatic rings. The third-order valence-corrected chi connectivity index (χ3v) is 5.94. The van der Waals surface area contributed by atoms with Crippen molar-refractivity contribution in [2.75, 3.05) is 5.32 Å². The summed E-state index contributed by atoms with van der Waals surface area (Å²) in [5, 5.41) is 2.92. The number of rotatable bonds is 6. The standard InChI is InChI=1S/C20H24N2O2S.ClH/c21-20(11-4-5-12-20)19(23)22-18-10-6-9-17(13-18)15-25(24)14-16-7-2-1-3-8-16;/h1-3,6-10,13H,4-5,11-12,14-15,21H2,(H,22,23);1H. The summed E-state index contributed by atoms with van der Waals surface area (Å²) in [7, 11) is -0.991. The van der Waals surface area contributed by atoms with Crippen molar-refractivity contribution in [3.8, 4) is 0 Å². The van der Waals surface area contributed by atoms with Crippen LogP contribution in [0.4, 0.5) is 5.69 Å². The van der Waals surface area contributed by atoms with Crippen LogP contribution in [0.3, 0.4) is 0 Å². The van der Waals surface area contributed by atoms with Crippen LogP contribution in [-0.2, 0) is 27.1 Å². The van der Waals surface area contributed by atoms with Gasteiger partial charge in [0.05, 0.1) is 5.54 Å². The fourth-order valence-electron chi connectivity index (χ4n) is 3.22. The quantitative estimate of drug-likeness (QED) is 0.785. The van der Waals surface area contributed by atoms with Crippen molar-refractivity contribution in [3.63, 3.8) is 0 Å². The van der Waals surface area contributed by atoms with E-state index in [1.165, 1.54) is 0 Å². The molecule has 6 heteroatoms. The summed E-state index contributed by atoms with van der Waals surface area (Å²) in [4.78, 5) is 12.4. The number of carbonyl (C=O) groups is 1. The van der Waals surface area contributed by atoms with Crippen molar-refractivity contribution in [2.24, 2.45) is 5.73 Å². The number of amides is 1. The predicted octanol–water partition coefficient (Wildman–Crippen LogP) is 3.77. The summed E-state index contributed by atoms with van der Waals surface area (Å²) >= 11 is 0. The predicted molar refractivity (Wildman–Crippen MR) is 110 cm³/mol. The lowest BCUT2D eigenvalue weighted by molar-refractivity contribution is -0.121. The minimum atomic E-state index is -0.991. The maximum atomic E-state index is 12.4. The first-order valence-electron chi connectivity index (χ1n) is 8.63. The number of nitrogens with two attached hydrogens (primary N) is 1. The van der Waals surface area contributed by atoms with E-state index in [0.29, 0.717) is 11.5 Å². The minimum Gasteiger partial charge on any atom is -0.324 e. The molecule has 1 fully saturated rings. The van der Waals surface area contributed by atoms with Crippen molar-refractivity contribution < 1.29 is 9.00 Å². The molecular weight excluding hydrogens is 368 g/mol. The molecule has 0 aromatic heterocycles. The van der Waals surface area contributed by atoms with Crippen molar-refractivity contribution >= 4 is 34.8 Å². The van der Waals surface area contributed by atoms with Gasteiger partial charge in [-0.1, -0.05) is 55.3 Å². The molecular formula is C20H25ClN2O2S. The van der Waals surface area contributed by atoms with Crippen LogP contribution in [0.2, 0.25) is 0 Å². The summed E-state index contributed by atoms with van der Waals surface area (Å²) < 4.78 is 12.4. The molecule has 26 heavy (non-hydrogen) atoms. The molecule has 1 aliphatic carbocycles. The van der Waals surface area contributed by atoms with Crippen molar-refractivity contribution in [3.05, 3.63) is 65.7 Å². The van der Waals surface area contributed by atoms with Crippen LogP contribution < -0.4 is 11.1 Å². The molecule has 1 unspecified atom stereocenters. The van der Waals surface area contributed by atoms with Gasteiger partial charge in [-0.15, -0.1) is 12.4 Å². The van der Waals surface area contributed by atoms with Crippen LogP contribution in [-0.4, -0.2) is 15.7 Å². The average Bonchev–Trinajstić information content (AvgIpc) is 3.04. The maximum Gasteiger partial charge on any atom is 0.244 e. The minimum absolute atomic E-state index is 0. The van der Waals surface area contributed by atoms with Gasteiger partial charge in [-0.2, -0.15) is 0 Å². The van der Waals surface area contributed by atoms with Gasteiger partial charge in [-0.05, 0) is 36.1 Å². The number of halogens is 1. The molecule has 1 saturated carbocycles. The monoisotopic (exact) mass is 392 g/mol. The third-order valence-electron chi connectivity index (χ3n) is 4.63. The molecule has 140 valence electrons. The number of anilines is 1. The summed E-state index contributed by atoms with van der Waals surface area (Å²) in [5.74, 6) is 0.878. The Morgan fingerprint density at radius 1 is 1.00 bits per heavy atom. The highest BCUT2D eigenvalue weighted by Gasteiger charge is 2.36. The van der Waals surface area contributed by atoms with Crippen LogP contribution in [0.5, 0.6) is 0 Å². The Hall–Kier alpha value is -1.69. The number of hydrogen-bond acceptors (Lipinski definition) is 3. The smallest absolute Gasteiger partial charge is 0.244 e. The van der Waals surface area contributed by atoms with E-state index in [4.69, 9.17) is 5.73 Å². The van der Waals surface area contributed by atoms with E-state index in [1.54, 1.807) is 0 Å². The zero-order chi connectivity index (χ0) is 17.7. The van der Waals surface area contributed by atoms with Crippen molar-refractivity contribution in [2.45, 2.75) is 42.7 Å². The van der Waals surface area contributed by atoms with Crippen LogP contribution in [0.25, 0.3) is 0 Å². The summed E-state index contributed by atoms with van der Waals surface area (Å²) in [6.07, 6.45) is 3.48. The number of benzene rings is 2. The molecule has 2 aromatic carbocycles. The lowest BCUT2D eigenvalue weighted by Crippen LogP contribution is -2.48. The second-order valence-corrected chi connectivity index (χ2v) is 8.19. The summed E-state index contributed by atoms with van der Waals surface area (Å²) in [6, 6.07) is 17.4. The number of hydrogen-bond donors (Lipinski definition) is 2. The first-order chi connectivity index (χ1) is 12.0. The summed E-state index contributed by atoms with van der Waals surface area (Å²) in [6.45, 7) is 0. The van der Waals surface area contributed by atoms with Gasteiger partial charge in [0.1, 0.15) is 0 Å². The second-order valence-electron chi connectivity index (χ2n) is 6.73. The molecule has 0 saturated heterocycles. The fourth-order valence-corrected chi connectivity index (χ4v) is 4.44. The van der Waals surface area contributed by atoms with Gasteiger partial charge in [-0.25, -0.2) is 0 Å². The lowest BCUT2D eigenvalue weighted by atomic mass is 9.98. The zero-order valence-corrected chi connectivity index (χ0v) is 16.3. The second kappa shape index (κ2) is 9.31. The average molecular weight is 393 g/mol. The number of nitrogens with one attached hydrogen (secondary N) is 1. The van der Waals surface area contributed by atoms with E-state index >= 15 is 0 Å². The van der Waals surface area contributed by atoms with E-state index in [1.807, 2.05) is 54.6 Å². The molecule has 0 radical (unpaired) electrons. The zero-order valence-electron chi connectivity index (χ0n) is 14.6. The first-order valence-corrected chi connectivity index (χ1v) is 10.1. The van der Waals surface area contributed by atoms with Gasteiger partial charge in [0, 0.05) is 28.0 Å². The lowest BCUT2D eigenvalue weighted by Gasteiger charge is -2.22. The van der Waals surface area contributed by atoms with Crippen LogP contribution >= 0.6 is 12.4 Å². The molecule has 0 spiro atoms. The highest BCUT2D eigenvalue weighted by Crippen LogP contribution is 2.28. The van der Waals surface area contributed by atoms with Crippen molar-refractivity contribution in [1.29, 1.82) is 0 Å². The van der Waals surface area contributed by atoms with Crippen molar-refractivity contribution in [1.82, 2.24) is 0 Å². The fraction of sp³-hybridized carbons (Fsp3) is 0.350. The number of carbonyl (C=O) groups excluding carboxylic acids is 1. The third kappa shape index (κ3) is 5.40. The van der Waals surface area contributed by atoms with E-state index < -0.39 is 16.3 Å². The Balaban J connectivity index is 0.00000243. The van der Waals surface area contributed by atoms with Gasteiger partial charge in [0.25, 0.3) is 0 Å². The van der Waals surface area contributed by atoms with E-state index in [-0.39, 0.29) is 18.3 Å². The Kier molecular flexibility index (Phi) is 7.38.